The second-order valence-corrected chi connectivity index (χ2v) is 6.49. The lowest BCUT2D eigenvalue weighted by atomic mass is 10.1. The Kier molecular flexibility index (Phi) is 5.36. The number of rotatable bonds is 3. The lowest BCUT2D eigenvalue weighted by Crippen LogP contribution is -2.57. The van der Waals surface area contributed by atoms with E-state index < -0.39 is 0 Å². The van der Waals surface area contributed by atoms with Gasteiger partial charge >= 0.3 is 6.09 Å². The average Bonchev–Trinajstić information content (AvgIpc) is 2.43. The molecule has 1 heterocycles. The molecule has 2 rings (SSSR count). The molecule has 0 saturated carbocycles. The standard InChI is InChI=1S/C15H21Cl2N2O2/c1-3-21-15(20)18-6-8-19(2,9-7-18)11-12-4-5-13(16)10-14(12)17/h4-5,10H,3,6-9,11H2,1-2H3/q+1. The van der Waals surface area contributed by atoms with Crippen LogP contribution < -0.4 is 0 Å². The van der Waals surface area contributed by atoms with Crippen LogP contribution >= 0.6 is 23.2 Å². The fraction of sp³-hybridized carbons (Fsp3) is 0.533. The quantitative estimate of drug-likeness (QED) is 0.794. The first-order valence-electron chi connectivity index (χ1n) is 7.13. The van der Waals surface area contributed by atoms with E-state index in [9.17, 15) is 4.79 Å². The van der Waals surface area contributed by atoms with E-state index in [1.165, 1.54) is 0 Å². The van der Waals surface area contributed by atoms with Gasteiger partial charge in [-0.1, -0.05) is 29.3 Å². The highest BCUT2D eigenvalue weighted by Crippen LogP contribution is 2.25. The predicted molar refractivity (Wildman–Crippen MR) is 84.7 cm³/mol. The fourth-order valence-electron chi connectivity index (χ4n) is 2.56. The molecule has 1 aromatic rings. The van der Waals surface area contributed by atoms with E-state index in [2.05, 4.69) is 7.05 Å². The summed E-state index contributed by atoms with van der Waals surface area (Å²) in [6.07, 6.45) is -0.215. The van der Waals surface area contributed by atoms with Crippen molar-refractivity contribution in [2.45, 2.75) is 13.5 Å². The Morgan fingerprint density at radius 3 is 2.57 bits per heavy atom. The Labute approximate surface area is 135 Å². The molecule has 1 saturated heterocycles. The molecule has 21 heavy (non-hydrogen) atoms. The molecule has 0 radical (unpaired) electrons. The molecule has 1 fully saturated rings. The number of benzene rings is 1. The molecule has 0 spiro atoms. The topological polar surface area (TPSA) is 29.5 Å². The predicted octanol–water partition coefficient (Wildman–Crippen LogP) is 3.41. The van der Waals surface area contributed by atoms with Crippen LogP contribution in [0.25, 0.3) is 0 Å². The summed E-state index contributed by atoms with van der Waals surface area (Å²) in [5, 5.41) is 1.35. The third-order valence-electron chi connectivity index (χ3n) is 3.91. The van der Waals surface area contributed by atoms with Crippen molar-refractivity contribution in [1.82, 2.24) is 4.90 Å². The summed E-state index contributed by atoms with van der Waals surface area (Å²) in [5.74, 6) is 0. The van der Waals surface area contributed by atoms with Gasteiger partial charge < -0.3 is 9.22 Å². The number of hydrogen-bond donors (Lipinski definition) is 0. The number of nitrogens with zero attached hydrogens (tertiary/aromatic N) is 2. The summed E-state index contributed by atoms with van der Waals surface area (Å²) in [5.41, 5.74) is 1.09. The van der Waals surface area contributed by atoms with Crippen molar-refractivity contribution in [3.05, 3.63) is 33.8 Å². The third kappa shape index (κ3) is 4.25. The Morgan fingerprint density at radius 2 is 2.00 bits per heavy atom. The smallest absolute Gasteiger partial charge is 0.410 e. The van der Waals surface area contributed by atoms with Crippen LogP contribution in [0.2, 0.25) is 10.0 Å². The van der Waals surface area contributed by atoms with Gasteiger partial charge in [0.15, 0.2) is 0 Å². The Balaban J connectivity index is 1.97. The first-order valence-corrected chi connectivity index (χ1v) is 7.88. The zero-order valence-electron chi connectivity index (χ0n) is 12.4. The molecular weight excluding hydrogens is 311 g/mol. The maximum absolute atomic E-state index is 11.7. The van der Waals surface area contributed by atoms with Crippen molar-refractivity contribution in [2.24, 2.45) is 0 Å². The molecule has 4 nitrogen and oxygen atoms in total. The molecule has 6 heteroatoms. The minimum Gasteiger partial charge on any atom is -0.450 e. The van der Waals surface area contributed by atoms with Crippen LogP contribution in [0.5, 0.6) is 0 Å². The number of halogens is 2. The van der Waals surface area contributed by atoms with E-state index in [0.29, 0.717) is 29.7 Å². The molecule has 0 bridgehead atoms. The van der Waals surface area contributed by atoms with Gasteiger partial charge in [-0.2, -0.15) is 0 Å². The Hall–Kier alpha value is -0.970. The lowest BCUT2D eigenvalue weighted by molar-refractivity contribution is -0.926. The van der Waals surface area contributed by atoms with Crippen molar-refractivity contribution < 1.29 is 14.0 Å². The van der Waals surface area contributed by atoms with Crippen LogP contribution in [-0.4, -0.2) is 55.3 Å². The van der Waals surface area contributed by atoms with Crippen LogP contribution in [0.1, 0.15) is 12.5 Å². The van der Waals surface area contributed by atoms with E-state index in [1.807, 2.05) is 19.1 Å². The highest BCUT2D eigenvalue weighted by atomic mass is 35.5. The van der Waals surface area contributed by atoms with Crippen LogP contribution in [0.15, 0.2) is 18.2 Å². The summed E-state index contributed by atoms with van der Waals surface area (Å²) in [6, 6.07) is 5.62. The first-order chi connectivity index (χ1) is 9.93. The minimum atomic E-state index is -0.215. The molecule has 0 aliphatic carbocycles. The van der Waals surface area contributed by atoms with Crippen molar-refractivity contribution >= 4 is 29.3 Å². The van der Waals surface area contributed by atoms with Crippen LogP contribution in [0.3, 0.4) is 0 Å². The van der Waals surface area contributed by atoms with Gasteiger partial charge in [-0.15, -0.1) is 0 Å². The average molecular weight is 332 g/mol. The summed E-state index contributed by atoms with van der Waals surface area (Å²) < 4.78 is 5.90. The molecule has 1 amide bonds. The number of ether oxygens (including phenoxy) is 1. The molecule has 0 unspecified atom stereocenters. The maximum Gasteiger partial charge on any atom is 0.410 e. The second-order valence-electron chi connectivity index (χ2n) is 5.65. The molecule has 0 atom stereocenters. The first kappa shape index (κ1) is 16.4. The third-order valence-corrected chi connectivity index (χ3v) is 4.50. The number of hydrogen-bond acceptors (Lipinski definition) is 2. The highest BCUT2D eigenvalue weighted by Gasteiger charge is 2.32. The fourth-order valence-corrected chi connectivity index (χ4v) is 3.03. The van der Waals surface area contributed by atoms with E-state index >= 15 is 0 Å². The van der Waals surface area contributed by atoms with E-state index in [4.69, 9.17) is 27.9 Å². The van der Waals surface area contributed by atoms with Crippen molar-refractivity contribution in [3.8, 4) is 0 Å². The van der Waals surface area contributed by atoms with E-state index in [1.54, 1.807) is 11.0 Å². The lowest BCUT2D eigenvalue weighted by Gasteiger charge is -2.41. The van der Waals surface area contributed by atoms with Crippen LogP contribution in [-0.2, 0) is 11.3 Å². The summed E-state index contributed by atoms with van der Waals surface area (Å²) in [6.45, 7) is 6.27. The Bertz CT molecular complexity index is 514. The summed E-state index contributed by atoms with van der Waals surface area (Å²) in [7, 11) is 2.19. The molecule has 1 aromatic carbocycles. The monoisotopic (exact) mass is 331 g/mol. The van der Waals surface area contributed by atoms with Gasteiger partial charge in [0.25, 0.3) is 0 Å². The molecular formula is C15H21Cl2N2O2+. The van der Waals surface area contributed by atoms with Crippen LogP contribution in [0, 0.1) is 0 Å². The van der Waals surface area contributed by atoms with Gasteiger partial charge in [0.2, 0.25) is 0 Å². The van der Waals surface area contributed by atoms with Gasteiger partial charge in [-0.25, -0.2) is 4.79 Å². The van der Waals surface area contributed by atoms with Gasteiger partial charge in [0.05, 0.1) is 44.9 Å². The van der Waals surface area contributed by atoms with Crippen molar-refractivity contribution in [2.75, 3.05) is 39.8 Å². The van der Waals surface area contributed by atoms with Crippen LogP contribution in [0.4, 0.5) is 4.79 Å². The largest absolute Gasteiger partial charge is 0.450 e. The number of piperazine rings is 1. The zero-order valence-corrected chi connectivity index (χ0v) is 14.0. The summed E-state index contributed by atoms with van der Waals surface area (Å²) >= 11 is 12.2. The highest BCUT2D eigenvalue weighted by molar-refractivity contribution is 6.35. The molecule has 1 aliphatic heterocycles. The zero-order chi connectivity index (χ0) is 15.5. The molecule has 0 aromatic heterocycles. The van der Waals surface area contributed by atoms with Crippen molar-refractivity contribution in [3.63, 3.8) is 0 Å². The van der Waals surface area contributed by atoms with E-state index in [0.717, 1.165) is 29.7 Å². The minimum absolute atomic E-state index is 0.215. The normalized spacial score (nSPS) is 17.6. The van der Waals surface area contributed by atoms with Gasteiger partial charge in [-0.3, -0.25) is 4.90 Å². The number of carbonyl (C=O) groups is 1. The van der Waals surface area contributed by atoms with Gasteiger partial charge in [-0.05, 0) is 19.1 Å². The van der Waals surface area contributed by atoms with Gasteiger partial charge in [0, 0.05) is 10.6 Å². The summed E-state index contributed by atoms with van der Waals surface area (Å²) in [4.78, 5) is 13.5. The number of likely N-dealkylation sites (N-methyl/N-ethyl adjacent to an activating group) is 1. The van der Waals surface area contributed by atoms with E-state index in [-0.39, 0.29) is 6.09 Å². The number of quaternary nitrogens is 1. The number of carbonyl (C=O) groups excluding carboxylic acids is 1. The van der Waals surface area contributed by atoms with Crippen molar-refractivity contribution in [1.29, 1.82) is 0 Å². The van der Waals surface area contributed by atoms with Gasteiger partial charge in [0.1, 0.15) is 6.54 Å². The maximum atomic E-state index is 11.7. The molecule has 116 valence electrons. The molecule has 0 N–H and O–H groups in total. The Morgan fingerprint density at radius 1 is 1.33 bits per heavy atom. The SMILES string of the molecule is CCOC(=O)N1CC[N+](C)(Cc2ccc(Cl)cc2Cl)CC1. The molecule has 1 aliphatic rings. The number of amides is 1. The second kappa shape index (κ2) is 6.86.